The Bertz CT molecular complexity index is 866. The molecule has 0 aliphatic rings. The Hall–Kier alpha value is -3.00. The van der Waals surface area contributed by atoms with Crippen molar-refractivity contribution in [3.05, 3.63) is 48.0 Å². The predicted molar refractivity (Wildman–Crippen MR) is 111 cm³/mol. The third kappa shape index (κ3) is 6.83. The van der Waals surface area contributed by atoms with Gasteiger partial charge in [0.05, 0.1) is 26.6 Å². The van der Waals surface area contributed by atoms with E-state index in [1.807, 2.05) is 0 Å². The fourth-order valence-electron chi connectivity index (χ4n) is 2.40. The topological polar surface area (TPSA) is 90.9 Å². The lowest BCUT2D eigenvalue weighted by atomic mass is 10.2. The van der Waals surface area contributed by atoms with Crippen molar-refractivity contribution in [3.8, 4) is 11.5 Å². The first kappa shape index (κ1) is 22.3. The molecule has 0 saturated carbocycles. The van der Waals surface area contributed by atoms with Crippen molar-refractivity contribution in [3.63, 3.8) is 0 Å². The molecule has 0 aliphatic carbocycles. The summed E-state index contributed by atoms with van der Waals surface area (Å²) >= 11 is 1.32. The zero-order chi connectivity index (χ0) is 21.2. The van der Waals surface area contributed by atoms with E-state index in [-0.39, 0.29) is 30.5 Å². The summed E-state index contributed by atoms with van der Waals surface area (Å²) in [5.74, 6) is 0.208. The molecule has 8 heteroatoms. The molecule has 0 fully saturated rings. The number of methoxy groups -OCH3 is 2. The minimum Gasteiger partial charge on any atom is -0.493 e. The summed E-state index contributed by atoms with van der Waals surface area (Å²) in [6.45, 7) is 1.96. The monoisotopic (exact) mass is 417 g/mol. The van der Waals surface area contributed by atoms with Gasteiger partial charge < -0.3 is 19.5 Å². The average molecular weight is 417 g/mol. The molecule has 0 aliphatic heterocycles. The number of esters is 1. The Morgan fingerprint density at radius 1 is 0.966 bits per heavy atom. The summed E-state index contributed by atoms with van der Waals surface area (Å²) in [6.07, 6.45) is -0.222. The number of hydrogen-bond donors (Lipinski definition) is 1. The number of benzene rings is 2. The van der Waals surface area contributed by atoms with Crippen LogP contribution in [-0.2, 0) is 14.3 Å². The number of nitrogens with one attached hydrogen (secondary N) is 1. The molecule has 2 aromatic carbocycles. The molecule has 0 atom stereocenters. The van der Waals surface area contributed by atoms with E-state index < -0.39 is 5.97 Å². The molecule has 7 nitrogen and oxygen atoms in total. The van der Waals surface area contributed by atoms with Crippen molar-refractivity contribution in [2.24, 2.45) is 0 Å². The normalized spacial score (nSPS) is 10.2. The number of ketones is 1. The largest absolute Gasteiger partial charge is 0.493 e. The van der Waals surface area contributed by atoms with E-state index in [1.54, 1.807) is 49.4 Å². The van der Waals surface area contributed by atoms with Crippen molar-refractivity contribution in [1.82, 2.24) is 0 Å². The molecule has 2 aromatic rings. The fourth-order valence-corrected chi connectivity index (χ4v) is 3.16. The standard InChI is InChI=1S/C21H23NO6S/c1-4-28-20(24)12-16(23)13-29-17-8-6-15(7-9-17)22-21(25)14-5-10-18(26-2)19(11-14)27-3/h5-11H,4,12-13H2,1-3H3,(H,22,25). The number of rotatable bonds is 10. The highest BCUT2D eigenvalue weighted by Crippen LogP contribution is 2.28. The van der Waals surface area contributed by atoms with E-state index >= 15 is 0 Å². The number of amides is 1. The Labute approximate surface area is 173 Å². The molecule has 2 rings (SSSR count). The SMILES string of the molecule is CCOC(=O)CC(=O)CSc1ccc(NC(=O)c2ccc(OC)c(OC)c2)cc1. The number of thioether (sulfide) groups is 1. The van der Waals surface area contributed by atoms with Gasteiger partial charge in [0.25, 0.3) is 5.91 Å². The van der Waals surface area contributed by atoms with Crippen LogP contribution in [0.15, 0.2) is 47.4 Å². The van der Waals surface area contributed by atoms with Crippen LogP contribution in [0.4, 0.5) is 5.69 Å². The molecule has 0 bridgehead atoms. The fraction of sp³-hybridized carbons (Fsp3) is 0.286. The van der Waals surface area contributed by atoms with E-state index in [0.717, 1.165) is 4.90 Å². The van der Waals surface area contributed by atoms with Gasteiger partial charge in [-0.05, 0) is 49.4 Å². The molecule has 0 unspecified atom stereocenters. The molecule has 0 radical (unpaired) electrons. The number of carbonyl (C=O) groups is 3. The van der Waals surface area contributed by atoms with Gasteiger partial charge in [-0.3, -0.25) is 14.4 Å². The molecule has 29 heavy (non-hydrogen) atoms. The second-order valence-electron chi connectivity index (χ2n) is 5.86. The zero-order valence-electron chi connectivity index (χ0n) is 16.5. The van der Waals surface area contributed by atoms with Gasteiger partial charge in [-0.1, -0.05) is 0 Å². The first-order chi connectivity index (χ1) is 14.0. The highest BCUT2D eigenvalue weighted by Gasteiger charge is 2.12. The summed E-state index contributed by atoms with van der Waals surface area (Å²) < 4.78 is 15.1. The third-order valence-corrected chi connectivity index (χ3v) is 4.88. The molecule has 1 N–H and O–H groups in total. The van der Waals surface area contributed by atoms with E-state index in [4.69, 9.17) is 14.2 Å². The molecule has 0 spiro atoms. The van der Waals surface area contributed by atoms with Crippen LogP contribution in [0.1, 0.15) is 23.7 Å². The van der Waals surface area contributed by atoms with Crippen molar-refractivity contribution in [2.75, 3.05) is 31.9 Å². The number of Topliss-reactive ketones (excluding diaryl/α,β-unsaturated/α-hetero) is 1. The lowest BCUT2D eigenvalue weighted by Gasteiger charge is -2.10. The van der Waals surface area contributed by atoms with Crippen LogP contribution in [-0.4, -0.2) is 44.2 Å². The summed E-state index contributed by atoms with van der Waals surface area (Å²) in [5.41, 5.74) is 1.05. The molecule has 1 amide bonds. The van der Waals surface area contributed by atoms with Crippen LogP contribution < -0.4 is 14.8 Å². The maximum atomic E-state index is 12.4. The minimum atomic E-state index is -0.508. The minimum absolute atomic E-state index is 0.177. The maximum absolute atomic E-state index is 12.4. The van der Waals surface area contributed by atoms with Gasteiger partial charge in [-0.2, -0.15) is 0 Å². The molecular weight excluding hydrogens is 394 g/mol. The number of carbonyl (C=O) groups excluding carboxylic acids is 3. The molecule has 0 heterocycles. The van der Waals surface area contributed by atoms with Crippen molar-refractivity contribution in [2.45, 2.75) is 18.2 Å². The van der Waals surface area contributed by atoms with Gasteiger partial charge in [0.2, 0.25) is 0 Å². The first-order valence-electron chi connectivity index (χ1n) is 8.90. The Morgan fingerprint density at radius 2 is 1.66 bits per heavy atom. The van der Waals surface area contributed by atoms with Crippen LogP contribution in [0.2, 0.25) is 0 Å². The molecule has 154 valence electrons. The van der Waals surface area contributed by atoms with Crippen molar-refractivity contribution >= 4 is 35.1 Å². The number of hydrogen-bond acceptors (Lipinski definition) is 7. The van der Waals surface area contributed by atoms with E-state index in [2.05, 4.69) is 5.32 Å². The zero-order valence-corrected chi connectivity index (χ0v) is 17.3. The quantitative estimate of drug-likeness (QED) is 0.359. The summed E-state index contributed by atoms with van der Waals surface area (Å²) in [4.78, 5) is 36.4. The van der Waals surface area contributed by atoms with Crippen LogP contribution in [0.3, 0.4) is 0 Å². The summed E-state index contributed by atoms with van der Waals surface area (Å²) in [5, 5.41) is 2.81. The average Bonchev–Trinajstić information content (AvgIpc) is 2.72. The lowest BCUT2D eigenvalue weighted by molar-refractivity contribution is -0.145. The van der Waals surface area contributed by atoms with Crippen LogP contribution >= 0.6 is 11.8 Å². The van der Waals surface area contributed by atoms with Gasteiger partial charge in [0.1, 0.15) is 6.42 Å². The van der Waals surface area contributed by atoms with E-state index in [0.29, 0.717) is 22.7 Å². The molecule has 0 aromatic heterocycles. The van der Waals surface area contributed by atoms with Gasteiger partial charge in [-0.15, -0.1) is 11.8 Å². The van der Waals surface area contributed by atoms with Crippen LogP contribution in [0, 0.1) is 0 Å². The summed E-state index contributed by atoms with van der Waals surface area (Å²) in [7, 11) is 3.04. The van der Waals surface area contributed by atoms with E-state index in [1.165, 1.54) is 26.0 Å². The van der Waals surface area contributed by atoms with Crippen molar-refractivity contribution < 1.29 is 28.6 Å². The number of ether oxygens (including phenoxy) is 3. The van der Waals surface area contributed by atoms with Crippen LogP contribution in [0.25, 0.3) is 0 Å². The maximum Gasteiger partial charge on any atom is 0.313 e. The lowest BCUT2D eigenvalue weighted by Crippen LogP contribution is -2.12. The molecule has 0 saturated heterocycles. The smallest absolute Gasteiger partial charge is 0.313 e. The second kappa shape index (κ2) is 11.1. The van der Waals surface area contributed by atoms with Gasteiger partial charge in [0, 0.05) is 16.1 Å². The number of anilines is 1. The highest BCUT2D eigenvalue weighted by atomic mass is 32.2. The summed E-state index contributed by atoms with van der Waals surface area (Å²) in [6, 6.07) is 12.0. The Morgan fingerprint density at radius 3 is 2.28 bits per heavy atom. The second-order valence-corrected chi connectivity index (χ2v) is 6.91. The van der Waals surface area contributed by atoms with Crippen LogP contribution in [0.5, 0.6) is 11.5 Å². The highest BCUT2D eigenvalue weighted by molar-refractivity contribution is 8.00. The van der Waals surface area contributed by atoms with Gasteiger partial charge in [0.15, 0.2) is 17.3 Å². The molecular formula is C21H23NO6S. The predicted octanol–water partition coefficient (Wildman–Crippen LogP) is 3.57. The third-order valence-electron chi connectivity index (χ3n) is 3.80. The van der Waals surface area contributed by atoms with Gasteiger partial charge >= 0.3 is 5.97 Å². The van der Waals surface area contributed by atoms with Gasteiger partial charge in [-0.25, -0.2) is 0 Å². The van der Waals surface area contributed by atoms with Crippen molar-refractivity contribution in [1.29, 1.82) is 0 Å². The Balaban J connectivity index is 1.91. The Kier molecular flexibility index (Phi) is 8.54. The first-order valence-corrected chi connectivity index (χ1v) is 9.89. The van der Waals surface area contributed by atoms with E-state index in [9.17, 15) is 14.4 Å².